The summed E-state index contributed by atoms with van der Waals surface area (Å²) < 4.78 is 5.34. The van der Waals surface area contributed by atoms with Crippen molar-refractivity contribution in [2.75, 3.05) is 38.1 Å². The average molecular weight is 388 g/mol. The Kier molecular flexibility index (Phi) is 4.32. The Morgan fingerprint density at radius 1 is 1.07 bits per heavy atom. The maximum atomic E-state index is 5.34. The molecule has 7 heteroatoms. The van der Waals surface area contributed by atoms with Crippen LogP contribution in [0, 0.1) is 13.8 Å². The molecule has 1 aromatic carbocycles. The summed E-state index contributed by atoms with van der Waals surface area (Å²) in [6.45, 7) is 7.89. The molecule has 1 fully saturated rings. The maximum Gasteiger partial charge on any atom is 0.227 e. The van der Waals surface area contributed by atoms with Crippen LogP contribution in [0.25, 0.3) is 33.3 Å². The number of fused-ring (bicyclic) bond motifs is 1. The molecular formula is C22H24N6O. The molecule has 7 nitrogen and oxygen atoms in total. The highest BCUT2D eigenvalue weighted by atomic mass is 16.5. The zero-order valence-corrected chi connectivity index (χ0v) is 16.9. The van der Waals surface area contributed by atoms with Gasteiger partial charge < -0.3 is 19.3 Å². The topological polar surface area (TPSA) is 74.1 Å². The Balaban J connectivity index is 1.51. The lowest BCUT2D eigenvalue weighted by atomic mass is 9.98. The van der Waals surface area contributed by atoms with Crippen molar-refractivity contribution < 1.29 is 4.52 Å². The van der Waals surface area contributed by atoms with Crippen LogP contribution < -0.4 is 4.90 Å². The number of benzene rings is 1. The van der Waals surface area contributed by atoms with Gasteiger partial charge in [0.15, 0.2) is 0 Å². The fraction of sp³-hybridized carbons (Fsp3) is 0.318. The van der Waals surface area contributed by atoms with Gasteiger partial charge in [-0.05, 0) is 38.1 Å². The SMILES string of the molecule is Cc1noc(C)c1-c1cccc(-c2c[nH]c3nc(N4CCN(C)CC4)ncc23)c1. The van der Waals surface area contributed by atoms with Crippen LogP contribution in [0.5, 0.6) is 0 Å². The highest BCUT2D eigenvalue weighted by molar-refractivity contribution is 5.94. The summed E-state index contributed by atoms with van der Waals surface area (Å²) in [4.78, 5) is 17.4. The third-order valence-electron chi connectivity index (χ3n) is 5.70. The molecule has 0 aliphatic carbocycles. The van der Waals surface area contributed by atoms with Gasteiger partial charge in [-0.1, -0.05) is 23.4 Å². The van der Waals surface area contributed by atoms with Crippen LogP contribution in [-0.4, -0.2) is 58.2 Å². The molecule has 0 amide bonds. The number of H-pyrrole nitrogens is 1. The number of likely N-dealkylation sites (N-methyl/N-ethyl adjacent to an activating group) is 1. The summed E-state index contributed by atoms with van der Waals surface area (Å²) in [5.41, 5.74) is 6.14. The second-order valence-electron chi connectivity index (χ2n) is 7.70. The Bertz CT molecular complexity index is 1150. The van der Waals surface area contributed by atoms with Gasteiger partial charge in [0.05, 0.1) is 5.69 Å². The van der Waals surface area contributed by atoms with Crippen LogP contribution in [0.1, 0.15) is 11.5 Å². The molecule has 3 aromatic heterocycles. The van der Waals surface area contributed by atoms with E-state index in [1.807, 2.05) is 26.2 Å². The van der Waals surface area contributed by atoms with Crippen molar-refractivity contribution in [2.45, 2.75) is 13.8 Å². The molecule has 1 aliphatic rings. The average Bonchev–Trinajstić information content (AvgIpc) is 3.31. The molecule has 0 radical (unpaired) electrons. The van der Waals surface area contributed by atoms with E-state index in [1.165, 1.54) is 0 Å². The molecule has 0 unspecified atom stereocenters. The van der Waals surface area contributed by atoms with Crippen molar-refractivity contribution in [2.24, 2.45) is 0 Å². The highest BCUT2D eigenvalue weighted by Gasteiger charge is 2.18. The van der Waals surface area contributed by atoms with Crippen LogP contribution in [-0.2, 0) is 0 Å². The van der Waals surface area contributed by atoms with Crippen LogP contribution >= 0.6 is 0 Å². The van der Waals surface area contributed by atoms with E-state index in [2.05, 4.69) is 56.2 Å². The van der Waals surface area contributed by atoms with Gasteiger partial charge in [0.1, 0.15) is 11.4 Å². The monoisotopic (exact) mass is 388 g/mol. The number of nitrogens with one attached hydrogen (secondary N) is 1. The van der Waals surface area contributed by atoms with Gasteiger partial charge in [0, 0.05) is 55.1 Å². The molecule has 0 bridgehead atoms. The molecule has 1 N–H and O–H groups in total. The van der Waals surface area contributed by atoms with Gasteiger partial charge in [0.2, 0.25) is 5.95 Å². The third-order valence-corrected chi connectivity index (χ3v) is 5.70. The van der Waals surface area contributed by atoms with Crippen LogP contribution in [0.4, 0.5) is 5.95 Å². The summed E-state index contributed by atoms with van der Waals surface area (Å²) >= 11 is 0. The number of nitrogens with zero attached hydrogens (tertiary/aromatic N) is 5. The predicted octanol–water partition coefficient (Wildman–Crippen LogP) is 3.65. The zero-order chi connectivity index (χ0) is 20.0. The second-order valence-corrected chi connectivity index (χ2v) is 7.70. The van der Waals surface area contributed by atoms with Gasteiger partial charge >= 0.3 is 0 Å². The number of anilines is 1. The normalized spacial score (nSPS) is 15.3. The van der Waals surface area contributed by atoms with E-state index in [-0.39, 0.29) is 0 Å². The first-order chi connectivity index (χ1) is 14.1. The number of rotatable bonds is 3. The molecule has 29 heavy (non-hydrogen) atoms. The summed E-state index contributed by atoms with van der Waals surface area (Å²) in [7, 11) is 2.15. The first kappa shape index (κ1) is 17.9. The van der Waals surface area contributed by atoms with Crippen LogP contribution in [0.3, 0.4) is 0 Å². The predicted molar refractivity (Wildman–Crippen MR) is 114 cm³/mol. The van der Waals surface area contributed by atoms with E-state index in [9.17, 15) is 0 Å². The third kappa shape index (κ3) is 3.17. The minimum atomic E-state index is 0.795. The fourth-order valence-corrected chi connectivity index (χ4v) is 4.03. The standard InChI is InChI=1S/C22H24N6O/c1-14-20(15(2)29-26-14)17-6-4-5-16(11-17)18-12-23-21-19(18)13-24-22(25-21)28-9-7-27(3)8-10-28/h4-6,11-13H,7-10H2,1-3H3,(H,23,24,25). The molecule has 148 valence electrons. The van der Waals surface area contributed by atoms with E-state index in [4.69, 9.17) is 9.51 Å². The molecular weight excluding hydrogens is 364 g/mol. The Hall–Kier alpha value is -3.19. The van der Waals surface area contributed by atoms with Crippen molar-refractivity contribution in [3.8, 4) is 22.3 Å². The van der Waals surface area contributed by atoms with E-state index in [0.717, 1.165) is 76.9 Å². The Labute approximate surface area is 169 Å². The van der Waals surface area contributed by atoms with Crippen molar-refractivity contribution in [3.63, 3.8) is 0 Å². The molecule has 0 spiro atoms. The highest BCUT2D eigenvalue weighted by Crippen LogP contribution is 2.33. The number of aryl methyl sites for hydroxylation is 2. The lowest BCUT2D eigenvalue weighted by Gasteiger charge is -2.32. The maximum absolute atomic E-state index is 5.34. The number of piperazine rings is 1. The molecule has 0 saturated carbocycles. The van der Waals surface area contributed by atoms with Crippen molar-refractivity contribution in [1.82, 2.24) is 25.0 Å². The summed E-state index contributed by atoms with van der Waals surface area (Å²) in [5.74, 6) is 1.63. The van der Waals surface area contributed by atoms with E-state index >= 15 is 0 Å². The van der Waals surface area contributed by atoms with E-state index in [1.54, 1.807) is 0 Å². The van der Waals surface area contributed by atoms with Gasteiger partial charge in [-0.2, -0.15) is 4.98 Å². The summed E-state index contributed by atoms with van der Waals surface area (Å²) in [6, 6.07) is 8.43. The van der Waals surface area contributed by atoms with E-state index in [0.29, 0.717) is 0 Å². The Morgan fingerprint density at radius 3 is 2.62 bits per heavy atom. The Morgan fingerprint density at radius 2 is 1.86 bits per heavy atom. The summed E-state index contributed by atoms with van der Waals surface area (Å²) in [6.07, 6.45) is 3.95. The molecule has 0 atom stereocenters. The van der Waals surface area contributed by atoms with Crippen LogP contribution in [0.2, 0.25) is 0 Å². The number of aromatic amines is 1. The molecule has 1 aliphatic heterocycles. The minimum absolute atomic E-state index is 0.795. The quantitative estimate of drug-likeness (QED) is 0.577. The molecule has 4 aromatic rings. The first-order valence-electron chi connectivity index (χ1n) is 9.91. The first-order valence-corrected chi connectivity index (χ1v) is 9.91. The summed E-state index contributed by atoms with van der Waals surface area (Å²) in [5, 5.41) is 5.11. The second kappa shape index (κ2) is 7.00. The van der Waals surface area contributed by atoms with Crippen molar-refractivity contribution in [1.29, 1.82) is 0 Å². The van der Waals surface area contributed by atoms with Gasteiger partial charge in [0.25, 0.3) is 0 Å². The lowest BCUT2D eigenvalue weighted by molar-refractivity contribution is 0.311. The number of aromatic nitrogens is 4. The van der Waals surface area contributed by atoms with Gasteiger partial charge in [-0.25, -0.2) is 4.98 Å². The van der Waals surface area contributed by atoms with Gasteiger partial charge in [-0.15, -0.1) is 0 Å². The molecule has 4 heterocycles. The molecule has 5 rings (SSSR count). The lowest BCUT2D eigenvalue weighted by Crippen LogP contribution is -2.45. The van der Waals surface area contributed by atoms with Gasteiger partial charge in [-0.3, -0.25) is 0 Å². The fourth-order valence-electron chi connectivity index (χ4n) is 4.03. The van der Waals surface area contributed by atoms with E-state index < -0.39 is 0 Å². The zero-order valence-electron chi connectivity index (χ0n) is 16.9. The number of hydrogen-bond donors (Lipinski definition) is 1. The van der Waals surface area contributed by atoms with Crippen LogP contribution in [0.15, 0.2) is 41.2 Å². The minimum Gasteiger partial charge on any atom is -0.361 e. The van der Waals surface area contributed by atoms with Crippen molar-refractivity contribution in [3.05, 3.63) is 48.1 Å². The number of hydrogen-bond acceptors (Lipinski definition) is 6. The smallest absolute Gasteiger partial charge is 0.227 e. The van der Waals surface area contributed by atoms with Crippen molar-refractivity contribution >= 4 is 17.0 Å². The largest absolute Gasteiger partial charge is 0.361 e. The molecule has 1 saturated heterocycles.